The Bertz CT molecular complexity index is 925. The summed E-state index contributed by atoms with van der Waals surface area (Å²) in [4.78, 5) is 33.9. The highest BCUT2D eigenvalue weighted by Gasteiger charge is 2.32. The number of carboxylic acids is 1. The topological polar surface area (TPSA) is 103 Å². The van der Waals surface area contributed by atoms with E-state index in [0.717, 1.165) is 5.56 Å². The van der Waals surface area contributed by atoms with Crippen LogP contribution in [-0.2, 0) is 4.79 Å². The minimum absolute atomic E-state index is 0.153. The van der Waals surface area contributed by atoms with E-state index in [1.165, 1.54) is 34.9 Å². The Morgan fingerprint density at radius 3 is 2.65 bits per heavy atom. The third kappa shape index (κ3) is 3.60. The van der Waals surface area contributed by atoms with Gasteiger partial charge in [-0.2, -0.15) is 0 Å². The van der Waals surface area contributed by atoms with E-state index in [4.69, 9.17) is 5.11 Å². The molecule has 8 heteroatoms. The zero-order chi connectivity index (χ0) is 18.7. The molecule has 0 radical (unpaired) electrons. The highest BCUT2D eigenvalue weighted by atomic mass is 32.2. The number of carboxylic acid groups (broad SMARTS) is 1. The van der Waals surface area contributed by atoms with Crippen LogP contribution in [0.3, 0.4) is 0 Å². The molecule has 0 aliphatic carbocycles. The number of aliphatic imine (C=N–C) groups is 1. The maximum atomic E-state index is 12.6. The van der Waals surface area contributed by atoms with Gasteiger partial charge in [-0.15, -0.1) is 0 Å². The van der Waals surface area contributed by atoms with Crippen LogP contribution in [0.2, 0.25) is 0 Å². The fraction of sp³-hybridized carbons (Fsp3) is 0.111. The van der Waals surface area contributed by atoms with E-state index in [9.17, 15) is 14.7 Å². The number of aromatic nitrogens is 1. The van der Waals surface area contributed by atoms with Crippen molar-refractivity contribution < 1.29 is 19.8 Å². The number of aromatic hydroxyl groups is 1. The zero-order valence-corrected chi connectivity index (χ0v) is 14.6. The molecule has 0 atom stereocenters. The summed E-state index contributed by atoms with van der Waals surface area (Å²) in [5.41, 5.74) is 1.03. The molecule has 1 aromatic carbocycles. The normalized spacial score (nSPS) is 17.3. The molecule has 2 heterocycles. The van der Waals surface area contributed by atoms with Gasteiger partial charge >= 0.3 is 5.97 Å². The molecule has 2 N–H and O–H groups in total. The molecule has 0 spiro atoms. The summed E-state index contributed by atoms with van der Waals surface area (Å²) in [5.74, 6) is -1.74. The molecule has 1 saturated heterocycles. The fourth-order valence-corrected chi connectivity index (χ4v) is 3.42. The van der Waals surface area contributed by atoms with Crippen molar-refractivity contribution in [1.82, 2.24) is 9.88 Å². The van der Waals surface area contributed by atoms with Gasteiger partial charge in [0.05, 0.1) is 10.6 Å². The summed E-state index contributed by atoms with van der Waals surface area (Å²) in [6.45, 7) is 2.28. The van der Waals surface area contributed by atoms with Crippen LogP contribution in [0.15, 0.2) is 52.6 Å². The minimum atomic E-state index is -1.22. The Balaban J connectivity index is 1.93. The van der Waals surface area contributed by atoms with Crippen molar-refractivity contribution in [3.63, 3.8) is 0 Å². The molecule has 2 aromatic rings. The molecular weight excluding hydrogens is 354 g/mol. The van der Waals surface area contributed by atoms with Crippen LogP contribution in [0.25, 0.3) is 6.08 Å². The van der Waals surface area contributed by atoms with Crippen molar-refractivity contribution in [2.45, 2.75) is 6.92 Å². The molecule has 1 aromatic heterocycles. The van der Waals surface area contributed by atoms with Crippen LogP contribution < -0.4 is 0 Å². The summed E-state index contributed by atoms with van der Waals surface area (Å²) in [6.07, 6.45) is 5.07. The molecule has 1 aliphatic heterocycles. The maximum Gasteiger partial charge on any atom is 0.339 e. The number of carbonyl (C=O) groups is 2. The van der Waals surface area contributed by atoms with Gasteiger partial charge in [0, 0.05) is 25.0 Å². The van der Waals surface area contributed by atoms with Crippen molar-refractivity contribution in [3.05, 3.63) is 58.8 Å². The second-order valence-electron chi connectivity index (χ2n) is 5.34. The lowest BCUT2D eigenvalue weighted by Crippen LogP contribution is -2.28. The number of amides is 1. The van der Waals surface area contributed by atoms with Gasteiger partial charge in [-0.25, -0.2) is 9.79 Å². The number of aromatic carboxylic acids is 1. The van der Waals surface area contributed by atoms with Crippen molar-refractivity contribution in [2.75, 3.05) is 6.54 Å². The van der Waals surface area contributed by atoms with E-state index in [0.29, 0.717) is 22.3 Å². The molecule has 1 amide bonds. The quantitative estimate of drug-likeness (QED) is 0.803. The number of phenols is 1. The Labute approximate surface area is 153 Å². The summed E-state index contributed by atoms with van der Waals surface area (Å²) < 4.78 is 0. The molecule has 26 heavy (non-hydrogen) atoms. The zero-order valence-electron chi connectivity index (χ0n) is 13.8. The molecule has 132 valence electrons. The number of likely N-dealkylation sites (N-methyl/N-ethyl adjacent to an activating group) is 1. The number of pyridine rings is 1. The molecule has 3 rings (SSSR count). The molecular formula is C18H15N3O4S. The number of benzene rings is 1. The lowest BCUT2D eigenvalue weighted by molar-refractivity contribution is -0.122. The fourth-order valence-electron chi connectivity index (χ4n) is 2.36. The second kappa shape index (κ2) is 7.40. The Kier molecular flexibility index (Phi) is 5.04. The number of hydrogen-bond acceptors (Lipinski definition) is 6. The lowest BCUT2D eigenvalue weighted by Gasteiger charge is -2.12. The van der Waals surface area contributed by atoms with E-state index in [-0.39, 0.29) is 17.2 Å². The number of nitrogens with zero attached hydrogens (tertiary/aromatic N) is 3. The summed E-state index contributed by atoms with van der Waals surface area (Å²) in [7, 11) is 0. The highest BCUT2D eigenvalue weighted by molar-refractivity contribution is 8.18. The highest BCUT2D eigenvalue weighted by Crippen LogP contribution is 2.34. The monoisotopic (exact) mass is 369 g/mol. The number of rotatable bonds is 4. The van der Waals surface area contributed by atoms with E-state index < -0.39 is 5.97 Å². The summed E-state index contributed by atoms with van der Waals surface area (Å²) in [5, 5.41) is 19.2. The smallest absolute Gasteiger partial charge is 0.339 e. The molecule has 7 nitrogen and oxygen atoms in total. The van der Waals surface area contributed by atoms with E-state index in [2.05, 4.69) is 9.98 Å². The first-order valence-electron chi connectivity index (χ1n) is 7.76. The van der Waals surface area contributed by atoms with Crippen LogP contribution in [0.5, 0.6) is 5.75 Å². The van der Waals surface area contributed by atoms with Gasteiger partial charge in [0.1, 0.15) is 11.3 Å². The molecule has 0 saturated carbocycles. The van der Waals surface area contributed by atoms with Crippen LogP contribution in [-0.4, -0.2) is 43.7 Å². The number of amidine groups is 1. The van der Waals surface area contributed by atoms with Crippen LogP contribution >= 0.6 is 11.8 Å². The van der Waals surface area contributed by atoms with Gasteiger partial charge in [0.15, 0.2) is 5.17 Å². The van der Waals surface area contributed by atoms with Crippen LogP contribution in [0.1, 0.15) is 22.8 Å². The van der Waals surface area contributed by atoms with Crippen molar-refractivity contribution >= 4 is 40.6 Å². The lowest BCUT2D eigenvalue weighted by atomic mass is 10.2. The van der Waals surface area contributed by atoms with Gasteiger partial charge < -0.3 is 10.2 Å². The van der Waals surface area contributed by atoms with Crippen LogP contribution in [0, 0.1) is 0 Å². The largest absolute Gasteiger partial charge is 0.507 e. The Hall–Kier alpha value is -3.13. The third-order valence-electron chi connectivity index (χ3n) is 3.64. The first-order valence-corrected chi connectivity index (χ1v) is 8.57. The van der Waals surface area contributed by atoms with Gasteiger partial charge in [0.25, 0.3) is 5.91 Å². The van der Waals surface area contributed by atoms with Gasteiger partial charge in [0.2, 0.25) is 0 Å². The van der Waals surface area contributed by atoms with Crippen LogP contribution in [0.4, 0.5) is 5.69 Å². The molecule has 1 aliphatic rings. The van der Waals surface area contributed by atoms with E-state index >= 15 is 0 Å². The standard InChI is InChI=1S/C18H15N3O4S/c1-2-21-16(23)15(9-11-5-7-19-8-6-11)26-18(21)20-12-3-4-13(17(24)25)14(22)10-12/h3-10,22H,2H2,1H3,(H,24,25)/b15-9-,20-18?. The van der Waals surface area contributed by atoms with Crippen molar-refractivity contribution in [2.24, 2.45) is 4.99 Å². The molecule has 0 unspecified atom stereocenters. The third-order valence-corrected chi connectivity index (χ3v) is 4.65. The molecule has 1 fully saturated rings. The maximum absolute atomic E-state index is 12.6. The minimum Gasteiger partial charge on any atom is -0.507 e. The number of thioether (sulfide) groups is 1. The average Bonchev–Trinajstić information content (AvgIpc) is 2.90. The predicted octanol–water partition coefficient (Wildman–Crippen LogP) is 3.11. The van der Waals surface area contributed by atoms with Gasteiger partial charge in [-0.05, 0) is 54.6 Å². The Morgan fingerprint density at radius 2 is 2.04 bits per heavy atom. The number of carbonyl (C=O) groups excluding carboxylic acids is 1. The van der Waals surface area contributed by atoms with Crippen molar-refractivity contribution in [3.8, 4) is 5.75 Å². The summed E-state index contributed by atoms with van der Waals surface area (Å²) >= 11 is 1.23. The SMILES string of the molecule is CCN1C(=O)/C(=C/c2ccncc2)SC1=Nc1ccc(C(=O)O)c(O)c1. The first kappa shape index (κ1) is 17.7. The molecule has 0 bridgehead atoms. The van der Waals surface area contributed by atoms with Gasteiger partial charge in [-0.1, -0.05) is 0 Å². The predicted molar refractivity (Wildman–Crippen MR) is 99.4 cm³/mol. The van der Waals surface area contributed by atoms with Gasteiger partial charge in [-0.3, -0.25) is 14.7 Å². The first-order chi connectivity index (χ1) is 12.5. The van der Waals surface area contributed by atoms with Crippen molar-refractivity contribution in [1.29, 1.82) is 0 Å². The Morgan fingerprint density at radius 1 is 1.31 bits per heavy atom. The van der Waals surface area contributed by atoms with E-state index in [1.54, 1.807) is 30.6 Å². The average molecular weight is 369 g/mol. The number of hydrogen-bond donors (Lipinski definition) is 2. The summed E-state index contributed by atoms with van der Waals surface area (Å²) in [6, 6.07) is 7.63. The van der Waals surface area contributed by atoms with E-state index in [1.807, 2.05) is 6.92 Å². The second-order valence-corrected chi connectivity index (χ2v) is 6.35.